The van der Waals surface area contributed by atoms with Gasteiger partial charge in [0, 0.05) is 6.42 Å². The summed E-state index contributed by atoms with van der Waals surface area (Å²) in [5.74, 6) is -0.844. The number of hydrogen-bond donors (Lipinski definition) is 0. The number of esters is 1. The number of nitrogens with zero attached hydrogens (tertiary/aromatic N) is 1. The number of amides is 2. The maximum Gasteiger partial charge on any atom is 0.420 e. The second-order valence-corrected chi connectivity index (χ2v) is 9.75. The predicted octanol–water partition coefficient (Wildman–Crippen LogP) is 5.46. The number of aldehydes is 1. The van der Waals surface area contributed by atoms with E-state index in [4.69, 9.17) is 14.2 Å². The second-order valence-electron chi connectivity index (χ2n) is 9.75. The molecule has 1 aromatic rings. The maximum absolute atomic E-state index is 13.3. The van der Waals surface area contributed by atoms with Crippen molar-refractivity contribution in [2.75, 3.05) is 6.61 Å². The van der Waals surface area contributed by atoms with Crippen molar-refractivity contribution in [3.8, 4) is 0 Å². The van der Waals surface area contributed by atoms with Gasteiger partial charge in [-0.25, -0.2) is 14.4 Å². The van der Waals surface area contributed by atoms with E-state index < -0.39 is 35.4 Å². The van der Waals surface area contributed by atoms with Crippen molar-refractivity contribution in [1.82, 2.24) is 4.90 Å². The lowest BCUT2D eigenvalue weighted by Crippen LogP contribution is -2.52. The van der Waals surface area contributed by atoms with E-state index in [9.17, 15) is 19.2 Å². The number of carbonyl (C=O) groups is 4. The molecule has 1 unspecified atom stereocenters. The van der Waals surface area contributed by atoms with Crippen LogP contribution in [0.15, 0.2) is 54.1 Å². The van der Waals surface area contributed by atoms with Crippen LogP contribution < -0.4 is 0 Å². The first-order valence-corrected chi connectivity index (χ1v) is 11.7. The molecule has 2 rings (SSSR count). The van der Waals surface area contributed by atoms with Gasteiger partial charge in [0.1, 0.15) is 30.1 Å². The number of carbonyl (C=O) groups excluding carboxylic acids is 4. The van der Waals surface area contributed by atoms with E-state index in [1.165, 1.54) is 0 Å². The summed E-state index contributed by atoms with van der Waals surface area (Å²) in [6.07, 6.45) is 5.56. The zero-order valence-corrected chi connectivity index (χ0v) is 21.1. The number of imide groups is 1. The predicted molar refractivity (Wildman–Crippen MR) is 131 cm³/mol. The Kier molecular flexibility index (Phi) is 9.80. The molecule has 8 heteroatoms. The summed E-state index contributed by atoms with van der Waals surface area (Å²) in [5.41, 5.74) is -0.386. The number of rotatable bonds is 9. The highest BCUT2D eigenvalue weighted by Crippen LogP contribution is 2.27. The van der Waals surface area contributed by atoms with E-state index >= 15 is 0 Å². The highest BCUT2D eigenvalue weighted by molar-refractivity contribution is 5.94. The van der Waals surface area contributed by atoms with E-state index in [-0.39, 0.29) is 19.4 Å². The maximum atomic E-state index is 13.3. The minimum atomic E-state index is -1.41. The van der Waals surface area contributed by atoms with Crippen molar-refractivity contribution in [2.24, 2.45) is 0 Å². The molecular weight excluding hydrogens is 450 g/mol. The molecule has 2 amide bonds. The monoisotopic (exact) mass is 485 g/mol. The van der Waals surface area contributed by atoms with Crippen LogP contribution in [0, 0.1) is 0 Å². The molecule has 35 heavy (non-hydrogen) atoms. The Hall–Kier alpha value is -3.42. The van der Waals surface area contributed by atoms with Gasteiger partial charge in [-0.15, -0.1) is 0 Å². The summed E-state index contributed by atoms with van der Waals surface area (Å²) in [4.78, 5) is 51.3. The molecule has 0 spiro atoms. The summed E-state index contributed by atoms with van der Waals surface area (Å²) in [5, 5.41) is 0. The normalized spacial score (nSPS) is 14.4. The van der Waals surface area contributed by atoms with Crippen molar-refractivity contribution in [2.45, 2.75) is 77.5 Å². The Morgan fingerprint density at radius 1 is 1.03 bits per heavy atom. The average molecular weight is 486 g/mol. The van der Waals surface area contributed by atoms with Crippen molar-refractivity contribution in [3.63, 3.8) is 0 Å². The Bertz CT molecular complexity index is 957. The van der Waals surface area contributed by atoms with Crippen molar-refractivity contribution in [3.05, 3.63) is 59.7 Å². The van der Waals surface area contributed by atoms with E-state index in [1.54, 1.807) is 46.8 Å². The number of ether oxygens (including phenoxy) is 3. The van der Waals surface area contributed by atoms with E-state index in [2.05, 4.69) is 0 Å². The summed E-state index contributed by atoms with van der Waals surface area (Å²) in [6.45, 7) is 8.31. The molecule has 0 aromatic heterocycles. The van der Waals surface area contributed by atoms with Gasteiger partial charge < -0.3 is 19.0 Å². The summed E-state index contributed by atoms with van der Waals surface area (Å²) in [7, 11) is 0. The van der Waals surface area contributed by atoms with E-state index in [0.717, 1.165) is 24.0 Å². The van der Waals surface area contributed by atoms with Gasteiger partial charge in [0.15, 0.2) is 0 Å². The largest absolute Gasteiger partial charge is 0.453 e. The highest BCUT2D eigenvalue weighted by atomic mass is 16.6. The van der Waals surface area contributed by atoms with Gasteiger partial charge in [-0.05, 0) is 65.0 Å². The van der Waals surface area contributed by atoms with E-state index in [1.807, 2.05) is 36.4 Å². The van der Waals surface area contributed by atoms with Gasteiger partial charge in [0.25, 0.3) is 0 Å². The minimum Gasteiger partial charge on any atom is -0.453 e. The van der Waals surface area contributed by atoms with E-state index in [0.29, 0.717) is 11.2 Å². The van der Waals surface area contributed by atoms with Crippen LogP contribution in [0.1, 0.15) is 65.9 Å². The first kappa shape index (κ1) is 27.8. The van der Waals surface area contributed by atoms with Crippen LogP contribution in [0.3, 0.4) is 0 Å². The van der Waals surface area contributed by atoms with Gasteiger partial charge in [-0.1, -0.05) is 48.6 Å². The van der Waals surface area contributed by atoms with Crippen LogP contribution in [0.4, 0.5) is 9.59 Å². The van der Waals surface area contributed by atoms with Crippen molar-refractivity contribution in [1.29, 1.82) is 0 Å². The van der Waals surface area contributed by atoms with Gasteiger partial charge in [-0.2, -0.15) is 4.90 Å². The molecule has 1 aromatic carbocycles. The van der Waals surface area contributed by atoms with Crippen molar-refractivity contribution >= 4 is 24.4 Å². The van der Waals surface area contributed by atoms with Crippen LogP contribution in [0.2, 0.25) is 0 Å². The van der Waals surface area contributed by atoms with Crippen LogP contribution in [0.25, 0.3) is 0 Å². The molecule has 0 aliphatic heterocycles. The standard InChI is InChI=1S/C27H35NO7/c1-26(2,3)35-25(32)28(24(31)33-19-20-13-8-6-9-14-20)22(17-12-18-29)23(30)34-27(4,5)21-15-10-7-11-16-21/h6-8,10-11,13,15-16,18,22H,9,12,14,17,19H2,1-5H3. The van der Waals surface area contributed by atoms with Crippen LogP contribution in [-0.2, 0) is 29.4 Å². The number of hydrogen-bond acceptors (Lipinski definition) is 7. The Morgan fingerprint density at radius 3 is 2.29 bits per heavy atom. The third kappa shape index (κ3) is 8.70. The smallest absolute Gasteiger partial charge is 0.420 e. The lowest BCUT2D eigenvalue weighted by atomic mass is 9.98. The topological polar surface area (TPSA) is 99.2 Å². The molecule has 1 aliphatic rings. The third-order valence-corrected chi connectivity index (χ3v) is 5.23. The fraction of sp³-hybridized carbons (Fsp3) is 0.481. The lowest BCUT2D eigenvalue weighted by Gasteiger charge is -2.33. The first-order valence-electron chi connectivity index (χ1n) is 11.7. The Balaban J connectivity index is 2.33. The fourth-order valence-electron chi connectivity index (χ4n) is 3.43. The molecule has 8 nitrogen and oxygen atoms in total. The van der Waals surface area contributed by atoms with Gasteiger partial charge >= 0.3 is 18.2 Å². The molecule has 1 atom stereocenters. The van der Waals surface area contributed by atoms with Crippen molar-refractivity contribution < 1.29 is 33.4 Å². The third-order valence-electron chi connectivity index (χ3n) is 5.23. The molecule has 0 radical (unpaired) electrons. The van der Waals surface area contributed by atoms with Crippen LogP contribution in [-0.4, -0.2) is 47.6 Å². The molecular formula is C27H35NO7. The highest BCUT2D eigenvalue weighted by Gasteiger charge is 2.41. The van der Waals surface area contributed by atoms with Gasteiger partial charge in [0.05, 0.1) is 0 Å². The van der Waals surface area contributed by atoms with Crippen LogP contribution in [0.5, 0.6) is 0 Å². The lowest BCUT2D eigenvalue weighted by molar-refractivity contribution is -0.163. The first-order chi connectivity index (χ1) is 16.4. The summed E-state index contributed by atoms with van der Waals surface area (Å²) < 4.78 is 16.6. The average Bonchev–Trinajstić information content (AvgIpc) is 2.80. The molecule has 0 N–H and O–H groups in total. The Morgan fingerprint density at radius 2 is 1.71 bits per heavy atom. The van der Waals surface area contributed by atoms with Gasteiger partial charge in [0.2, 0.25) is 0 Å². The molecule has 0 bridgehead atoms. The Labute approximate surface area is 206 Å². The summed E-state index contributed by atoms with van der Waals surface area (Å²) >= 11 is 0. The molecule has 0 heterocycles. The molecule has 190 valence electrons. The fourth-order valence-corrected chi connectivity index (χ4v) is 3.43. The zero-order valence-electron chi connectivity index (χ0n) is 21.1. The number of allylic oxidation sites excluding steroid dienone is 3. The molecule has 0 fully saturated rings. The van der Waals surface area contributed by atoms with Crippen LogP contribution >= 0.6 is 0 Å². The summed E-state index contributed by atoms with van der Waals surface area (Å²) in [6, 6.07) is 7.67. The zero-order chi connectivity index (χ0) is 26.1. The quantitative estimate of drug-likeness (QED) is 0.260. The minimum absolute atomic E-state index is 0.0343. The second kappa shape index (κ2) is 12.3. The molecule has 0 saturated carbocycles. The van der Waals surface area contributed by atoms with Gasteiger partial charge in [-0.3, -0.25) is 0 Å². The number of benzene rings is 1. The molecule has 0 saturated heterocycles. The SMILES string of the molecule is CC(C)(C)OC(=O)N(C(=O)OCC1=CC=CCC1)C(CCC=O)C(=O)OC(C)(C)c1ccccc1. The molecule has 1 aliphatic carbocycles.